The molecule has 0 atom stereocenters. The zero-order valence-electron chi connectivity index (χ0n) is 16.2. The van der Waals surface area contributed by atoms with E-state index in [0.29, 0.717) is 39.3 Å². The quantitative estimate of drug-likeness (QED) is 0.623. The van der Waals surface area contributed by atoms with Crippen molar-refractivity contribution in [1.82, 2.24) is 10.2 Å². The molecule has 1 aliphatic heterocycles. The molecular weight excluding hydrogens is 348 g/mol. The molecule has 150 valence electrons. The lowest BCUT2D eigenvalue weighted by Crippen LogP contribution is -2.47. The van der Waals surface area contributed by atoms with Crippen LogP contribution in [0.5, 0.6) is 5.75 Å². The first-order valence-electron chi connectivity index (χ1n) is 9.48. The lowest BCUT2D eigenvalue weighted by molar-refractivity contribution is -0.137. The number of piperidine rings is 1. The minimum atomic E-state index is -0.00901. The van der Waals surface area contributed by atoms with Crippen molar-refractivity contribution in [1.29, 1.82) is 0 Å². The first-order chi connectivity index (χ1) is 13.1. The molecule has 0 radical (unpaired) electrons. The molecule has 7 nitrogen and oxygen atoms in total. The summed E-state index contributed by atoms with van der Waals surface area (Å²) in [6.07, 6.45) is 1.87. The second-order valence-corrected chi connectivity index (χ2v) is 6.52. The Balaban J connectivity index is 1.67. The molecule has 1 fully saturated rings. The van der Waals surface area contributed by atoms with Crippen molar-refractivity contribution in [3.63, 3.8) is 0 Å². The number of hydrogen-bond acceptors (Lipinski definition) is 5. The number of nitrogens with one attached hydrogen (secondary N) is 1. The van der Waals surface area contributed by atoms with Gasteiger partial charge in [0.05, 0.1) is 26.2 Å². The number of nitrogens with zero attached hydrogens (tertiary/aromatic N) is 1. The molecular formula is C20H30N2O5. The van der Waals surface area contributed by atoms with Crippen LogP contribution in [0.1, 0.15) is 25.3 Å². The van der Waals surface area contributed by atoms with Crippen LogP contribution in [0.4, 0.5) is 0 Å². The zero-order valence-corrected chi connectivity index (χ0v) is 16.2. The second kappa shape index (κ2) is 11.6. The van der Waals surface area contributed by atoms with E-state index in [1.807, 2.05) is 31.2 Å². The molecule has 2 amide bonds. The summed E-state index contributed by atoms with van der Waals surface area (Å²) in [6, 6.07) is 7.69. The summed E-state index contributed by atoms with van der Waals surface area (Å²) in [7, 11) is 1.60. The molecule has 0 aromatic heterocycles. The molecule has 1 saturated heterocycles. The van der Waals surface area contributed by atoms with Crippen molar-refractivity contribution < 1.29 is 23.8 Å². The van der Waals surface area contributed by atoms with E-state index >= 15 is 0 Å². The van der Waals surface area contributed by atoms with Gasteiger partial charge >= 0.3 is 0 Å². The molecule has 0 unspecified atom stereocenters. The molecule has 1 heterocycles. The standard InChI is InChI=1S/C20H30N2O5/c1-3-27-18-6-4-16(5-7-18)14-19(23)21-17-8-10-22(11-9-17)20(24)15-26-13-12-25-2/h4-7,17H,3,8-15H2,1-2H3,(H,21,23). The minimum absolute atomic E-state index is 0.00633. The van der Waals surface area contributed by atoms with Crippen molar-refractivity contribution in [2.45, 2.75) is 32.2 Å². The molecule has 1 aromatic carbocycles. The lowest BCUT2D eigenvalue weighted by Gasteiger charge is -2.32. The van der Waals surface area contributed by atoms with E-state index in [4.69, 9.17) is 14.2 Å². The number of amides is 2. The van der Waals surface area contributed by atoms with Gasteiger partial charge in [0.25, 0.3) is 0 Å². The number of carbonyl (C=O) groups excluding carboxylic acids is 2. The van der Waals surface area contributed by atoms with Crippen LogP contribution in [0.25, 0.3) is 0 Å². The van der Waals surface area contributed by atoms with Crippen molar-refractivity contribution in [2.75, 3.05) is 46.6 Å². The Morgan fingerprint density at radius 1 is 1.15 bits per heavy atom. The molecule has 7 heteroatoms. The van der Waals surface area contributed by atoms with E-state index < -0.39 is 0 Å². The number of benzene rings is 1. The van der Waals surface area contributed by atoms with Crippen LogP contribution in [0.15, 0.2) is 24.3 Å². The predicted molar refractivity (Wildman–Crippen MR) is 102 cm³/mol. The first-order valence-corrected chi connectivity index (χ1v) is 9.48. The van der Waals surface area contributed by atoms with E-state index in [2.05, 4.69) is 5.32 Å². The summed E-state index contributed by atoms with van der Waals surface area (Å²) in [5.41, 5.74) is 0.955. The second-order valence-electron chi connectivity index (χ2n) is 6.52. The molecule has 27 heavy (non-hydrogen) atoms. The molecule has 2 rings (SSSR count). The van der Waals surface area contributed by atoms with Crippen molar-refractivity contribution in [3.05, 3.63) is 29.8 Å². The monoisotopic (exact) mass is 378 g/mol. The van der Waals surface area contributed by atoms with Gasteiger partial charge in [0.2, 0.25) is 11.8 Å². The fourth-order valence-corrected chi connectivity index (χ4v) is 3.00. The maximum absolute atomic E-state index is 12.3. The average molecular weight is 378 g/mol. The molecule has 1 aliphatic rings. The molecule has 1 N–H and O–H groups in total. The number of rotatable bonds is 10. The van der Waals surface area contributed by atoms with Gasteiger partial charge in [-0.25, -0.2) is 0 Å². The number of methoxy groups -OCH3 is 1. The molecule has 0 aliphatic carbocycles. The topological polar surface area (TPSA) is 77.1 Å². The fourth-order valence-electron chi connectivity index (χ4n) is 3.00. The maximum atomic E-state index is 12.3. The SMILES string of the molecule is CCOc1ccc(CC(=O)NC2CCN(C(=O)COCCOC)CC2)cc1. The van der Waals surface area contributed by atoms with Gasteiger partial charge in [-0.1, -0.05) is 12.1 Å². The van der Waals surface area contributed by atoms with Gasteiger partial charge in [-0.3, -0.25) is 9.59 Å². The van der Waals surface area contributed by atoms with Gasteiger partial charge < -0.3 is 24.4 Å². The Bertz CT molecular complexity index is 583. The maximum Gasteiger partial charge on any atom is 0.248 e. The van der Waals surface area contributed by atoms with Gasteiger partial charge in [0.15, 0.2) is 0 Å². The predicted octanol–water partition coefficient (Wildman–Crippen LogP) is 1.40. The number of hydrogen-bond donors (Lipinski definition) is 1. The Labute approximate surface area is 161 Å². The van der Waals surface area contributed by atoms with Crippen LogP contribution in [-0.2, 0) is 25.5 Å². The van der Waals surface area contributed by atoms with Gasteiger partial charge in [-0.15, -0.1) is 0 Å². The summed E-state index contributed by atoms with van der Waals surface area (Å²) in [4.78, 5) is 26.1. The Hall–Kier alpha value is -2.12. The Morgan fingerprint density at radius 2 is 1.85 bits per heavy atom. The van der Waals surface area contributed by atoms with Crippen LogP contribution in [-0.4, -0.2) is 69.4 Å². The fraction of sp³-hybridized carbons (Fsp3) is 0.600. The summed E-state index contributed by atoms with van der Waals surface area (Å²) in [5, 5.41) is 3.07. The highest BCUT2D eigenvalue weighted by molar-refractivity contribution is 5.79. The summed E-state index contributed by atoms with van der Waals surface area (Å²) in [6.45, 7) is 4.82. The highest BCUT2D eigenvalue weighted by Crippen LogP contribution is 2.14. The number of ether oxygens (including phenoxy) is 3. The molecule has 0 saturated carbocycles. The van der Waals surface area contributed by atoms with Crippen LogP contribution >= 0.6 is 0 Å². The van der Waals surface area contributed by atoms with Crippen molar-refractivity contribution >= 4 is 11.8 Å². The van der Waals surface area contributed by atoms with E-state index in [9.17, 15) is 9.59 Å². The largest absolute Gasteiger partial charge is 0.494 e. The van der Waals surface area contributed by atoms with Gasteiger partial charge in [-0.05, 0) is 37.5 Å². The van der Waals surface area contributed by atoms with Crippen LogP contribution < -0.4 is 10.1 Å². The molecule has 1 aromatic rings. The average Bonchev–Trinajstić information content (AvgIpc) is 2.67. The van der Waals surface area contributed by atoms with Gasteiger partial charge in [0.1, 0.15) is 12.4 Å². The first kappa shape index (κ1) is 21.2. The normalized spacial score (nSPS) is 14.8. The summed E-state index contributed by atoms with van der Waals surface area (Å²) >= 11 is 0. The van der Waals surface area contributed by atoms with Crippen molar-refractivity contribution in [2.24, 2.45) is 0 Å². The van der Waals surface area contributed by atoms with Crippen LogP contribution in [0.2, 0.25) is 0 Å². The third kappa shape index (κ3) is 7.56. The molecule has 0 spiro atoms. The molecule has 0 bridgehead atoms. The van der Waals surface area contributed by atoms with Crippen molar-refractivity contribution in [3.8, 4) is 5.75 Å². The van der Waals surface area contributed by atoms with Crippen LogP contribution in [0, 0.1) is 0 Å². The number of likely N-dealkylation sites (tertiary alicyclic amines) is 1. The van der Waals surface area contributed by atoms with E-state index in [-0.39, 0.29) is 24.5 Å². The van der Waals surface area contributed by atoms with Crippen LogP contribution in [0.3, 0.4) is 0 Å². The number of carbonyl (C=O) groups is 2. The third-order valence-electron chi connectivity index (χ3n) is 4.47. The lowest BCUT2D eigenvalue weighted by atomic mass is 10.0. The van der Waals surface area contributed by atoms with E-state index in [1.54, 1.807) is 12.0 Å². The van der Waals surface area contributed by atoms with E-state index in [0.717, 1.165) is 24.2 Å². The highest BCUT2D eigenvalue weighted by Gasteiger charge is 2.23. The summed E-state index contributed by atoms with van der Waals surface area (Å²) in [5.74, 6) is 0.807. The zero-order chi connectivity index (χ0) is 19.5. The minimum Gasteiger partial charge on any atom is -0.494 e. The summed E-state index contributed by atoms with van der Waals surface area (Å²) < 4.78 is 15.6. The van der Waals surface area contributed by atoms with E-state index in [1.165, 1.54) is 0 Å². The Morgan fingerprint density at radius 3 is 2.48 bits per heavy atom. The smallest absolute Gasteiger partial charge is 0.248 e. The Kier molecular flexibility index (Phi) is 9.07. The van der Waals surface area contributed by atoms with Gasteiger partial charge in [-0.2, -0.15) is 0 Å². The third-order valence-corrected chi connectivity index (χ3v) is 4.47. The highest BCUT2D eigenvalue weighted by atomic mass is 16.5. The van der Waals surface area contributed by atoms with Gasteiger partial charge in [0, 0.05) is 26.2 Å².